The van der Waals surface area contributed by atoms with Gasteiger partial charge < -0.3 is 4.74 Å². The van der Waals surface area contributed by atoms with Gasteiger partial charge in [-0.15, -0.1) is 0 Å². The Kier molecular flexibility index (Phi) is 5.19. The molecule has 1 aromatic carbocycles. The third-order valence-electron chi connectivity index (χ3n) is 2.20. The number of benzene rings is 1. The third kappa shape index (κ3) is 4.18. The number of halogens is 2. The van der Waals surface area contributed by atoms with E-state index in [1.807, 2.05) is 0 Å². The maximum atomic E-state index is 13.4. The number of esters is 1. The van der Waals surface area contributed by atoms with Crippen LogP contribution in [0.4, 0.5) is 8.78 Å². The molecule has 5 heteroatoms. The second-order valence-electron chi connectivity index (χ2n) is 3.65. The van der Waals surface area contributed by atoms with Crippen LogP contribution >= 0.6 is 0 Å². The van der Waals surface area contributed by atoms with Crippen molar-refractivity contribution in [2.45, 2.75) is 20.3 Å². The number of Topliss-reactive ketones (excluding diaryl/α,β-unsaturated/α-hetero) is 1. The van der Waals surface area contributed by atoms with Gasteiger partial charge in [0, 0.05) is 6.07 Å². The van der Waals surface area contributed by atoms with E-state index in [1.54, 1.807) is 6.92 Å². The van der Waals surface area contributed by atoms with Crippen LogP contribution < -0.4 is 0 Å². The number of hydrogen-bond acceptors (Lipinski definition) is 3. The smallest absolute Gasteiger partial charge is 0.317 e. The molecule has 0 radical (unpaired) electrons. The molecule has 0 aliphatic rings. The normalized spacial score (nSPS) is 9.47. The van der Waals surface area contributed by atoms with Gasteiger partial charge in [-0.2, -0.15) is 0 Å². The lowest BCUT2D eigenvalue weighted by atomic mass is 10.1. The van der Waals surface area contributed by atoms with Crippen LogP contribution in [0.15, 0.2) is 12.1 Å². The average molecular weight is 266 g/mol. The second-order valence-corrected chi connectivity index (χ2v) is 3.65. The Hall–Kier alpha value is -2.22. The Labute approximate surface area is 109 Å². The number of rotatable bonds is 3. The molecule has 0 amide bonds. The fourth-order valence-corrected chi connectivity index (χ4v) is 1.34. The van der Waals surface area contributed by atoms with Crippen molar-refractivity contribution in [1.82, 2.24) is 0 Å². The van der Waals surface area contributed by atoms with Gasteiger partial charge >= 0.3 is 5.97 Å². The van der Waals surface area contributed by atoms with E-state index in [1.165, 1.54) is 6.92 Å². The van der Waals surface area contributed by atoms with E-state index >= 15 is 0 Å². The molecule has 0 spiro atoms. The Balaban J connectivity index is 2.96. The minimum Gasteiger partial charge on any atom is -0.465 e. The van der Waals surface area contributed by atoms with Crippen LogP contribution in [0.3, 0.4) is 0 Å². The summed E-state index contributed by atoms with van der Waals surface area (Å²) in [7, 11) is 0. The van der Waals surface area contributed by atoms with Crippen LogP contribution in [-0.2, 0) is 9.53 Å². The lowest BCUT2D eigenvalue weighted by Gasteiger charge is -2.01. The van der Waals surface area contributed by atoms with E-state index in [-0.39, 0.29) is 24.2 Å². The summed E-state index contributed by atoms with van der Waals surface area (Å²) >= 11 is 0. The van der Waals surface area contributed by atoms with Crippen LogP contribution in [0.5, 0.6) is 0 Å². The molecule has 3 nitrogen and oxygen atoms in total. The van der Waals surface area contributed by atoms with Crippen molar-refractivity contribution in [3.8, 4) is 11.8 Å². The first-order chi connectivity index (χ1) is 8.95. The Morgan fingerprint density at radius 3 is 2.53 bits per heavy atom. The number of hydrogen-bond donors (Lipinski definition) is 0. The third-order valence-corrected chi connectivity index (χ3v) is 2.20. The van der Waals surface area contributed by atoms with Crippen molar-refractivity contribution >= 4 is 11.8 Å². The van der Waals surface area contributed by atoms with Gasteiger partial charge in [0.05, 0.1) is 17.7 Å². The fourth-order valence-electron chi connectivity index (χ4n) is 1.34. The molecule has 0 saturated carbocycles. The fraction of sp³-hybridized carbons (Fsp3) is 0.286. The van der Waals surface area contributed by atoms with Crippen molar-refractivity contribution < 1.29 is 23.1 Å². The van der Waals surface area contributed by atoms with Crippen molar-refractivity contribution in [1.29, 1.82) is 0 Å². The van der Waals surface area contributed by atoms with Crippen molar-refractivity contribution in [2.24, 2.45) is 0 Å². The molecular weight excluding hydrogens is 254 g/mol. The first-order valence-corrected chi connectivity index (χ1v) is 5.60. The van der Waals surface area contributed by atoms with Crippen molar-refractivity contribution in [3.05, 3.63) is 34.9 Å². The number of carbonyl (C=O) groups is 2. The minimum atomic E-state index is -0.930. The van der Waals surface area contributed by atoms with Gasteiger partial charge in [0.1, 0.15) is 18.1 Å². The summed E-state index contributed by atoms with van der Waals surface area (Å²) in [5.41, 5.74) is -0.363. The lowest BCUT2D eigenvalue weighted by Crippen LogP contribution is -2.02. The minimum absolute atomic E-state index is 0.129. The first kappa shape index (κ1) is 14.8. The Bertz CT molecular complexity index is 568. The molecule has 0 unspecified atom stereocenters. The summed E-state index contributed by atoms with van der Waals surface area (Å²) in [6, 6.07) is 1.64. The molecule has 1 aromatic rings. The van der Waals surface area contributed by atoms with Crippen LogP contribution in [0.1, 0.15) is 36.2 Å². The second kappa shape index (κ2) is 6.64. The van der Waals surface area contributed by atoms with Gasteiger partial charge in [-0.1, -0.05) is 11.8 Å². The van der Waals surface area contributed by atoms with Crippen LogP contribution in [0, 0.1) is 23.5 Å². The van der Waals surface area contributed by atoms with Crippen molar-refractivity contribution in [2.75, 3.05) is 6.61 Å². The van der Waals surface area contributed by atoms with Crippen LogP contribution in [0.2, 0.25) is 0 Å². The summed E-state index contributed by atoms with van der Waals surface area (Å²) in [5.74, 6) is 1.94. The first-order valence-electron chi connectivity index (χ1n) is 5.60. The van der Waals surface area contributed by atoms with Gasteiger partial charge in [-0.3, -0.25) is 9.59 Å². The molecule has 0 heterocycles. The number of carbonyl (C=O) groups excluding carboxylic acids is 2. The lowest BCUT2D eigenvalue weighted by molar-refractivity contribution is -0.141. The van der Waals surface area contributed by atoms with E-state index < -0.39 is 23.4 Å². The van der Waals surface area contributed by atoms with E-state index in [0.717, 1.165) is 6.07 Å². The Morgan fingerprint density at radius 1 is 1.26 bits per heavy atom. The topological polar surface area (TPSA) is 43.4 Å². The Morgan fingerprint density at radius 2 is 1.95 bits per heavy atom. The highest BCUT2D eigenvalue weighted by atomic mass is 19.1. The predicted octanol–water partition coefficient (Wildman–Crippen LogP) is 2.47. The molecule has 0 aliphatic carbocycles. The van der Waals surface area contributed by atoms with Crippen molar-refractivity contribution in [3.63, 3.8) is 0 Å². The molecule has 19 heavy (non-hydrogen) atoms. The average Bonchev–Trinajstić information content (AvgIpc) is 2.31. The molecule has 0 saturated heterocycles. The molecule has 0 N–H and O–H groups in total. The van der Waals surface area contributed by atoms with Gasteiger partial charge in [0.15, 0.2) is 5.78 Å². The molecule has 0 atom stereocenters. The van der Waals surface area contributed by atoms with Gasteiger partial charge in [0.25, 0.3) is 0 Å². The maximum Gasteiger partial charge on any atom is 0.317 e. The summed E-state index contributed by atoms with van der Waals surface area (Å²) in [5, 5.41) is 0. The maximum absolute atomic E-state index is 13.4. The quantitative estimate of drug-likeness (QED) is 0.479. The van der Waals surface area contributed by atoms with Crippen LogP contribution in [0.25, 0.3) is 0 Å². The molecular formula is C14H12F2O3. The van der Waals surface area contributed by atoms with E-state index in [4.69, 9.17) is 0 Å². The van der Waals surface area contributed by atoms with Gasteiger partial charge in [-0.25, -0.2) is 8.78 Å². The monoisotopic (exact) mass is 266 g/mol. The number of ether oxygens (including phenoxy) is 1. The summed E-state index contributed by atoms with van der Waals surface area (Å²) in [6.07, 6.45) is -0.194. The summed E-state index contributed by atoms with van der Waals surface area (Å²) < 4.78 is 31.3. The van der Waals surface area contributed by atoms with Crippen LogP contribution in [-0.4, -0.2) is 18.4 Å². The highest BCUT2D eigenvalue weighted by Crippen LogP contribution is 2.14. The highest BCUT2D eigenvalue weighted by molar-refractivity contribution is 5.94. The standard InChI is InChI=1S/C14H12F2O3/c1-3-19-14(18)6-4-5-10-7-11(9(2)17)13(16)8-12(10)15/h7-8H,3,6H2,1-2H3. The molecule has 100 valence electrons. The largest absolute Gasteiger partial charge is 0.465 e. The van der Waals surface area contributed by atoms with E-state index in [9.17, 15) is 18.4 Å². The zero-order chi connectivity index (χ0) is 14.4. The zero-order valence-electron chi connectivity index (χ0n) is 10.5. The highest BCUT2D eigenvalue weighted by Gasteiger charge is 2.11. The van der Waals surface area contributed by atoms with E-state index in [2.05, 4.69) is 16.6 Å². The molecule has 0 bridgehead atoms. The molecule has 0 fully saturated rings. The van der Waals surface area contributed by atoms with Gasteiger partial charge in [-0.05, 0) is 19.9 Å². The summed E-state index contributed by atoms with van der Waals surface area (Å²) in [4.78, 5) is 22.1. The SMILES string of the molecule is CCOC(=O)CC#Cc1cc(C(C)=O)c(F)cc1F. The molecule has 1 rings (SSSR count). The van der Waals surface area contributed by atoms with E-state index in [0.29, 0.717) is 6.07 Å². The van der Waals surface area contributed by atoms with Gasteiger partial charge in [0.2, 0.25) is 0 Å². The predicted molar refractivity (Wildman–Crippen MR) is 64.5 cm³/mol. The zero-order valence-corrected chi connectivity index (χ0v) is 10.5. The molecule has 0 aromatic heterocycles. The molecule has 0 aliphatic heterocycles. The summed E-state index contributed by atoms with van der Waals surface area (Å²) in [6.45, 7) is 3.07. The number of ketones is 1.